The zero-order chi connectivity index (χ0) is 21.3. The molecular formula is C25H22N2O2S. The first-order chi connectivity index (χ1) is 14.5. The molecule has 0 radical (unpaired) electrons. The van der Waals surface area contributed by atoms with Gasteiger partial charge in [0.15, 0.2) is 0 Å². The lowest BCUT2D eigenvalue weighted by molar-refractivity contribution is -0.120. The Kier molecular flexibility index (Phi) is 5.46. The van der Waals surface area contributed by atoms with Crippen molar-refractivity contribution in [2.24, 2.45) is 0 Å². The van der Waals surface area contributed by atoms with Crippen LogP contribution in [0.15, 0.2) is 88.3 Å². The summed E-state index contributed by atoms with van der Waals surface area (Å²) in [5.74, 6) is -0.648. The number of para-hydroxylation sites is 1. The van der Waals surface area contributed by atoms with Crippen LogP contribution >= 0.6 is 11.8 Å². The fraction of sp³-hybridized carbons (Fsp3) is 0.120. The minimum atomic E-state index is -0.339. The Balaban J connectivity index is 1.78. The molecule has 0 aliphatic carbocycles. The fourth-order valence-corrected chi connectivity index (χ4v) is 4.39. The van der Waals surface area contributed by atoms with Gasteiger partial charge in [-0.2, -0.15) is 0 Å². The highest BCUT2D eigenvalue weighted by Gasteiger charge is 2.40. The Hall–Kier alpha value is -3.31. The molecule has 0 atom stereocenters. The number of carbonyl (C=O) groups excluding carboxylic acids is 2. The summed E-state index contributed by atoms with van der Waals surface area (Å²) in [7, 11) is 0. The highest BCUT2D eigenvalue weighted by Crippen LogP contribution is 2.39. The molecule has 0 bridgehead atoms. The molecular weight excluding hydrogens is 392 g/mol. The molecule has 0 saturated carbocycles. The van der Waals surface area contributed by atoms with Gasteiger partial charge in [-0.1, -0.05) is 65.9 Å². The van der Waals surface area contributed by atoms with Gasteiger partial charge in [-0.15, -0.1) is 0 Å². The molecule has 30 heavy (non-hydrogen) atoms. The first kappa shape index (κ1) is 20.0. The molecule has 1 heterocycles. The third-order valence-corrected chi connectivity index (χ3v) is 6.09. The number of aryl methyl sites for hydroxylation is 3. The van der Waals surface area contributed by atoms with Gasteiger partial charge in [-0.3, -0.25) is 9.59 Å². The van der Waals surface area contributed by atoms with Crippen molar-refractivity contribution in [1.82, 2.24) is 0 Å². The van der Waals surface area contributed by atoms with Gasteiger partial charge in [0, 0.05) is 10.6 Å². The number of anilines is 2. The number of carbonyl (C=O) groups is 2. The minimum Gasteiger partial charge on any atom is -0.350 e. The van der Waals surface area contributed by atoms with Crippen molar-refractivity contribution in [2.45, 2.75) is 25.7 Å². The highest BCUT2D eigenvalue weighted by atomic mass is 32.2. The number of benzene rings is 3. The number of nitrogens with one attached hydrogen (secondary N) is 1. The zero-order valence-electron chi connectivity index (χ0n) is 17.1. The lowest BCUT2D eigenvalue weighted by Crippen LogP contribution is -2.33. The van der Waals surface area contributed by atoms with Gasteiger partial charge >= 0.3 is 0 Å². The lowest BCUT2D eigenvalue weighted by atomic mass is 10.1. The normalized spacial score (nSPS) is 13.9. The monoisotopic (exact) mass is 414 g/mol. The molecule has 0 fully saturated rings. The number of nitrogens with zero attached hydrogens (tertiary/aromatic N) is 1. The molecule has 3 aromatic carbocycles. The van der Waals surface area contributed by atoms with Crippen LogP contribution in [0.4, 0.5) is 11.4 Å². The van der Waals surface area contributed by atoms with E-state index in [2.05, 4.69) is 5.32 Å². The van der Waals surface area contributed by atoms with Gasteiger partial charge in [0.1, 0.15) is 10.6 Å². The van der Waals surface area contributed by atoms with E-state index in [-0.39, 0.29) is 11.8 Å². The molecule has 150 valence electrons. The van der Waals surface area contributed by atoms with Crippen molar-refractivity contribution >= 4 is 35.0 Å². The average molecular weight is 415 g/mol. The second-order valence-electron chi connectivity index (χ2n) is 7.29. The summed E-state index contributed by atoms with van der Waals surface area (Å²) < 4.78 is 0. The van der Waals surface area contributed by atoms with Gasteiger partial charge in [0.25, 0.3) is 11.8 Å². The fourth-order valence-electron chi connectivity index (χ4n) is 3.44. The SMILES string of the molecule is Cc1ccc(N2C(=O)C(Nc3ccccc3C)=C(Sc3ccccc3)C2=O)c(C)c1. The molecule has 0 spiro atoms. The van der Waals surface area contributed by atoms with Crippen LogP contribution in [0.2, 0.25) is 0 Å². The quantitative estimate of drug-likeness (QED) is 0.552. The highest BCUT2D eigenvalue weighted by molar-refractivity contribution is 8.04. The number of amides is 2. The summed E-state index contributed by atoms with van der Waals surface area (Å²) in [5, 5.41) is 3.24. The van der Waals surface area contributed by atoms with E-state index in [9.17, 15) is 9.59 Å². The van der Waals surface area contributed by atoms with Crippen LogP contribution in [0.1, 0.15) is 16.7 Å². The number of thioether (sulfide) groups is 1. The van der Waals surface area contributed by atoms with Gasteiger partial charge < -0.3 is 5.32 Å². The van der Waals surface area contributed by atoms with Crippen LogP contribution < -0.4 is 10.2 Å². The Morgan fingerprint density at radius 3 is 2.17 bits per heavy atom. The van der Waals surface area contributed by atoms with Crippen LogP contribution in [0.5, 0.6) is 0 Å². The molecule has 4 rings (SSSR count). The Morgan fingerprint density at radius 2 is 1.47 bits per heavy atom. The molecule has 1 aliphatic rings. The van der Waals surface area contributed by atoms with Crippen LogP contribution in [0.25, 0.3) is 0 Å². The number of hydrogen-bond donors (Lipinski definition) is 1. The third-order valence-electron chi connectivity index (χ3n) is 5.00. The summed E-state index contributed by atoms with van der Waals surface area (Å²) in [4.78, 5) is 29.5. The van der Waals surface area contributed by atoms with E-state index >= 15 is 0 Å². The molecule has 0 saturated heterocycles. The largest absolute Gasteiger partial charge is 0.350 e. The van der Waals surface area contributed by atoms with Gasteiger partial charge in [0.2, 0.25) is 0 Å². The van der Waals surface area contributed by atoms with Crippen molar-refractivity contribution in [1.29, 1.82) is 0 Å². The van der Waals surface area contributed by atoms with E-state index in [1.165, 1.54) is 16.7 Å². The van der Waals surface area contributed by atoms with E-state index in [1.54, 1.807) is 0 Å². The minimum absolute atomic E-state index is 0.308. The standard InChI is InChI=1S/C25H22N2O2S/c1-16-13-14-21(18(3)15-16)27-24(28)22(26-20-12-8-7-9-17(20)2)23(25(27)29)30-19-10-5-4-6-11-19/h4-15,26H,1-3H3. The number of imide groups is 1. The molecule has 4 nitrogen and oxygen atoms in total. The Labute approximate surface area is 180 Å². The third kappa shape index (κ3) is 3.76. The van der Waals surface area contributed by atoms with E-state index in [0.717, 1.165) is 27.3 Å². The zero-order valence-corrected chi connectivity index (χ0v) is 17.9. The van der Waals surface area contributed by atoms with Crippen molar-refractivity contribution in [3.63, 3.8) is 0 Å². The van der Waals surface area contributed by atoms with E-state index < -0.39 is 0 Å². The molecule has 0 unspecified atom stereocenters. The number of rotatable bonds is 5. The lowest BCUT2D eigenvalue weighted by Gasteiger charge is -2.18. The molecule has 1 N–H and O–H groups in total. The van der Waals surface area contributed by atoms with Crippen molar-refractivity contribution < 1.29 is 9.59 Å². The molecule has 1 aliphatic heterocycles. The van der Waals surface area contributed by atoms with Crippen molar-refractivity contribution in [3.05, 3.63) is 100 Å². The topological polar surface area (TPSA) is 49.4 Å². The van der Waals surface area contributed by atoms with Crippen molar-refractivity contribution in [3.8, 4) is 0 Å². The van der Waals surface area contributed by atoms with Crippen molar-refractivity contribution in [2.75, 3.05) is 10.2 Å². The Morgan fingerprint density at radius 1 is 0.767 bits per heavy atom. The van der Waals surface area contributed by atoms with Crippen LogP contribution in [-0.4, -0.2) is 11.8 Å². The predicted octanol–water partition coefficient (Wildman–Crippen LogP) is 5.60. The smallest absolute Gasteiger partial charge is 0.283 e. The van der Waals surface area contributed by atoms with E-state index in [4.69, 9.17) is 0 Å². The van der Waals surface area contributed by atoms with E-state index in [1.807, 2.05) is 93.6 Å². The molecule has 3 aromatic rings. The summed E-state index contributed by atoms with van der Waals surface area (Å²) >= 11 is 1.31. The summed E-state index contributed by atoms with van der Waals surface area (Å²) in [6.45, 7) is 5.88. The van der Waals surface area contributed by atoms with Gasteiger partial charge in [-0.25, -0.2) is 4.90 Å². The predicted molar refractivity (Wildman–Crippen MR) is 123 cm³/mol. The maximum atomic E-state index is 13.4. The van der Waals surface area contributed by atoms with Gasteiger partial charge in [-0.05, 0) is 56.2 Å². The summed E-state index contributed by atoms with van der Waals surface area (Å²) in [6, 6.07) is 23.1. The first-order valence-electron chi connectivity index (χ1n) is 9.71. The molecule has 2 amide bonds. The summed E-state index contributed by atoms with van der Waals surface area (Å²) in [5.41, 5.74) is 4.70. The molecule has 0 aromatic heterocycles. The first-order valence-corrected chi connectivity index (χ1v) is 10.5. The van der Waals surface area contributed by atoms with Crippen LogP contribution in [0.3, 0.4) is 0 Å². The second kappa shape index (κ2) is 8.20. The maximum Gasteiger partial charge on any atom is 0.283 e. The van der Waals surface area contributed by atoms with Gasteiger partial charge in [0.05, 0.1) is 5.69 Å². The second-order valence-corrected chi connectivity index (χ2v) is 8.38. The molecule has 5 heteroatoms. The average Bonchev–Trinajstić information content (AvgIpc) is 2.95. The Bertz CT molecular complexity index is 1170. The number of hydrogen-bond acceptors (Lipinski definition) is 4. The summed E-state index contributed by atoms with van der Waals surface area (Å²) in [6.07, 6.45) is 0. The van der Waals surface area contributed by atoms with E-state index in [0.29, 0.717) is 16.3 Å². The van der Waals surface area contributed by atoms with Crippen LogP contribution in [-0.2, 0) is 9.59 Å². The maximum absolute atomic E-state index is 13.4. The van der Waals surface area contributed by atoms with Crippen LogP contribution in [0, 0.1) is 20.8 Å².